The minimum Gasteiger partial charge on any atom is -0.468 e. The van der Waals surface area contributed by atoms with E-state index in [1.807, 2.05) is 6.92 Å². The lowest BCUT2D eigenvalue weighted by Crippen LogP contribution is -2.33. The van der Waals surface area contributed by atoms with Crippen LogP contribution in [0.25, 0.3) is 22.0 Å². The quantitative estimate of drug-likeness (QED) is 0.630. The Morgan fingerprint density at radius 2 is 1.97 bits per heavy atom. The van der Waals surface area contributed by atoms with E-state index >= 15 is 0 Å². The van der Waals surface area contributed by atoms with Gasteiger partial charge in [-0.15, -0.1) is 0 Å². The third-order valence-electron chi connectivity index (χ3n) is 4.60. The zero-order valence-corrected chi connectivity index (χ0v) is 16.1. The molecule has 2 atom stereocenters. The highest BCUT2D eigenvalue weighted by Crippen LogP contribution is 2.37. The smallest absolute Gasteiger partial charge is 0.227 e. The molecule has 0 radical (unpaired) electrons. The Hall–Kier alpha value is -2.62. The largest absolute Gasteiger partial charge is 0.468 e. The van der Waals surface area contributed by atoms with Gasteiger partial charge in [-0.25, -0.2) is 23.7 Å². The maximum atomic E-state index is 14.6. The van der Waals surface area contributed by atoms with Crippen LogP contribution < -0.4 is 10.5 Å². The maximum Gasteiger partial charge on any atom is 0.227 e. The first-order valence-corrected chi connectivity index (χ1v) is 9.28. The highest BCUT2D eigenvalue weighted by atomic mass is 35.5. The van der Waals surface area contributed by atoms with Crippen LogP contribution in [0.5, 0.6) is 5.88 Å². The highest BCUT2D eigenvalue weighted by Gasteiger charge is 2.32. The van der Waals surface area contributed by atoms with E-state index in [1.165, 1.54) is 18.6 Å². The van der Waals surface area contributed by atoms with E-state index in [-0.39, 0.29) is 28.9 Å². The van der Waals surface area contributed by atoms with Crippen LogP contribution in [0.1, 0.15) is 6.92 Å². The van der Waals surface area contributed by atoms with Crippen molar-refractivity contribution in [2.45, 2.75) is 19.1 Å². The number of rotatable bonds is 5. The molecule has 1 saturated heterocycles. The molecule has 29 heavy (non-hydrogen) atoms. The number of pyridine rings is 1. The number of nitrogens with zero attached hydrogens (tertiary/aromatic N) is 3. The minimum atomic E-state index is -0.916. The third-order valence-corrected chi connectivity index (χ3v) is 4.95. The van der Waals surface area contributed by atoms with Crippen molar-refractivity contribution in [1.29, 1.82) is 0 Å². The maximum absolute atomic E-state index is 14.6. The minimum absolute atomic E-state index is 0.0370. The van der Waals surface area contributed by atoms with E-state index in [4.69, 9.17) is 31.5 Å². The fourth-order valence-electron chi connectivity index (χ4n) is 3.22. The molecule has 0 aliphatic carbocycles. The van der Waals surface area contributed by atoms with Gasteiger partial charge in [0.25, 0.3) is 0 Å². The topological polar surface area (TPSA) is 92.4 Å². The van der Waals surface area contributed by atoms with E-state index in [2.05, 4.69) is 15.0 Å². The van der Waals surface area contributed by atoms with Gasteiger partial charge in [0.1, 0.15) is 34.5 Å². The highest BCUT2D eigenvalue weighted by molar-refractivity contribution is 6.31. The molecule has 2 N–H and O–H groups in total. The van der Waals surface area contributed by atoms with Gasteiger partial charge in [-0.2, -0.15) is 0 Å². The molecule has 1 aromatic carbocycles. The van der Waals surface area contributed by atoms with E-state index in [0.717, 1.165) is 6.07 Å². The Bertz CT molecular complexity index is 1070. The molecular formula is C19H17ClF2N4O3. The summed E-state index contributed by atoms with van der Waals surface area (Å²) in [4.78, 5) is 12.5. The third kappa shape index (κ3) is 3.57. The van der Waals surface area contributed by atoms with Gasteiger partial charge in [0.15, 0.2) is 11.9 Å². The number of ether oxygens (including phenoxy) is 3. The SMILES string of the molecule is CCO[C@H]1COC[C@H]1Oc1ncc(-c2ccc(F)c(Cl)c2F)c2ncnc(N)c12. The Morgan fingerprint density at radius 1 is 1.17 bits per heavy atom. The molecule has 3 aromatic rings. The van der Waals surface area contributed by atoms with E-state index < -0.39 is 22.8 Å². The Balaban J connectivity index is 1.82. The zero-order valence-electron chi connectivity index (χ0n) is 15.4. The fourth-order valence-corrected chi connectivity index (χ4v) is 3.39. The van der Waals surface area contributed by atoms with Gasteiger partial charge in [0.2, 0.25) is 5.88 Å². The molecule has 2 aromatic heterocycles. The fraction of sp³-hybridized carbons (Fsp3) is 0.316. The second-order valence-corrected chi connectivity index (χ2v) is 6.75. The molecule has 1 fully saturated rings. The van der Waals surface area contributed by atoms with Gasteiger partial charge >= 0.3 is 0 Å². The van der Waals surface area contributed by atoms with Crippen LogP contribution in [0.3, 0.4) is 0 Å². The van der Waals surface area contributed by atoms with E-state index in [1.54, 1.807) is 0 Å². The van der Waals surface area contributed by atoms with Crippen molar-refractivity contribution >= 4 is 28.3 Å². The first kappa shape index (κ1) is 19.7. The molecular weight excluding hydrogens is 406 g/mol. The van der Waals surface area contributed by atoms with Gasteiger partial charge in [0, 0.05) is 23.9 Å². The average molecular weight is 423 g/mol. The number of benzene rings is 1. The summed E-state index contributed by atoms with van der Waals surface area (Å²) in [5.41, 5.74) is 6.67. The summed E-state index contributed by atoms with van der Waals surface area (Å²) >= 11 is 5.73. The van der Waals surface area contributed by atoms with Crippen molar-refractivity contribution in [3.05, 3.63) is 41.3 Å². The first-order chi connectivity index (χ1) is 14.0. The summed E-state index contributed by atoms with van der Waals surface area (Å²) < 4.78 is 45.2. The van der Waals surface area contributed by atoms with E-state index in [9.17, 15) is 8.78 Å². The van der Waals surface area contributed by atoms with Crippen LogP contribution in [0.2, 0.25) is 5.02 Å². The number of hydrogen-bond acceptors (Lipinski definition) is 7. The lowest BCUT2D eigenvalue weighted by molar-refractivity contribution is 0.00535. The molecule has 0 unspecified atom stereocenters. The Kier molecular flexibility index (Phi) is 5.44. The molecule has 0 spiro atoms. The number of hydrogen-bond donors (Lipinski definition) is 1. The molecule has 3 heterocycles. The van der Waals surface area contributed by atoms with Crippen molar-refractivity contribution < 1.29 is 23.0 Å². The Labute approximate surface area is 169 Å². The molecule has 152 valence electrons. The molecule has 1 aliphatic heterocycles. The van der Waals surface area contributed by atoms with Gasteiger partial charge in [0.05, 0.1) is 18.7 Å². The van der Waals surface area contributed by atoms with Crippen LogP contribution in [0.15, 0.2) is 24.7 Å². The number of fused-ring (bicyclic) bond motifs is 1. The summed E-state index contributed by atoms with van der Waals surface area (Å²) in [6, 6.07) is 2.34. The average Bonchev–Trinajstić information content (AvgIpc) is 3.14. The van der Waals surface area contributed by atoms with Crippen LogP contribution >= 0.6 is 11.6 Å². The Morgan fingerprint density at radius 3 is 2.76 bits per heavy atom. The second-order valence-electron chi connectivity index (χ2n) is 6.37. The number of nitrogen functional groups attached to an aromatic ring is 1. The van der Waals surface area contributed by atoms with Crippen LogP contribution in [0.4, 0.5) is 14.6 Å². The monoisotopic (exact) mass is 422 g/mol. The summed E-state index contributed by atoms with van der Waals surface area (Å²) in [6.45, 7) is 3.12. The number of anilines is 1. The van der Waals surface area contributed by atoms with Crippen molar-refractivity contribution in [1.82, 2.24) is 15.0 Å². The summed E-state index contributed by atoms with van der Waals surface area (Å²) in [5, 5.41) is -0.298. The molecule has 0 amide bonds. The molecule has 0 saturated carbocycles. The van der Waals surface area contributed by atoms with Crippen molar-refractivity contribution in [3.63, 3.8) is 0 Å². The molecule has 1 aliphatic rings. The standard InChI is InChI=1S/C19H17ClF2N4O3/c1-2-28-12-6-27-7-13(12)29-19-14-17(25-8-26-18(14)23)10(5-24-19)9-3-4-11(21)15(20)16(9)22/h3-5,8,12-13H,2,6-7H2,1H3,(H2,23,25,26)/t12-,13+/m0/s1. The van der Waals surface area contributed by atoms with E-state index in [0.29, 0.717) is 30.7 Å². The first-order valence-electron chi connectivity index (χ1n) is 8.90. The predicted octanol–water partition coefficient (Wildman–Crippen LogP) is 3.39. The van der Waals surface area contributed by atoms with Crippen molar-refractivity contribution in [2.75, 3.05) is 25.6 Å². The number of aromatic nitrogens is 3. The van der Waals surface area contributed by atoms with Gasteiger partial charge < -0.3 is 19.9 Å². The van der Waals surface area contributed by atoms with Crippen LogP contribution in [-0.2, 0) is 9.47 Å². The summed E-state index contributed by atoms with van der Waals surface area (Å²) in [7, 11) is 0. The second kappa shape index (κ2) is 8.02. The van der Waals surface area contributed by atoms with Gasteiger partial charge in [-0.05, 0) is 19.1 Å². The zero-order chi connectivity index (χ0) is 20.5. The molecule has 0 bridgehead atoms. The molecule has 4 rings (SSSR count). The predicted molar refractivity (Wildman–Crippen MR) is 103 cm³/mol. The normalized spacial score (nSPS) is 19.0. The van der Waals surface area contributed by atoms with Gasteiger partial charge in [-0.3, -0.25) is 0 Å². The van der Waals surface area contributed by atoms with Gasteiger partial charge in [-0.1, -0.05) is 11.6 Å². The lowest BCUT2D eigenvalue weighted by Gasteiger charge is -2.20. The van der Waals surface area contributed by atoms with Crippen molar-refractivity contribution in [3.8, 4) is 17.0 Å². The molecule has 7 nitrogen and oxygen atoms in total. The molecule has 10 heteroatoms. The van der Waals surface area contributed by atoms with Crippen LogP contribution in [-0.4, -0.2) is 47.0 Å². The van der Waals surface area contributed by atoms with Crippen molar-refractivity contribution in [2.24, 2.45) is 0 Å². The number of nitrogens with two attached hydrogens (primary N) is 1. The summed E-state index contributed by atoms with van der Waals surface area (Å²) in [6.07, 6.45) is 1.97. The summed E-state index contributed by atoms with van der Waals surface area (Å²) in [5.74, 6) is -1.49. The lowest BCUT2D eigenvalue weighted by atomic mass is 10.0. The van der Waals surface area contributed by atoms with Crippen LogP contribution in [0, 0.1) is 11.6 Å². The number of halogens is 3.